The van der Waals surface area contributed by atoms with Gasteiger partial charge in [-0.1, -0.05) is 115 Å². The molecule has 252 valence electrons. The van der Waals surface area contributed by atoms with Crippen molar-refractivity contribution >= 4 is 62.3 Å². The number of aryl methyl sites for hydroxylation is 1. The molecule has 7 nitrogen and oxygen atoms in total. The van der Waals surface area contributed by atoms with Crippen LogP contribution in [0.1, 0.15) is 48.8 Å². The fourth-order valence-corrected chi connectivity index (χ4v) is 8.14. The Morgan fingerprint density at radius 2 is 1.46 bits per heavy atom. The number of carbonyl (C=O) groups excluding carboxylic acids is 2. The van der Waals surface area contributed by atoms with Gasteiger partial charge in [-0.15, -0.1) is 0 Å². The zero-order valence-corrected chi connectivity index (χ0v) is 29.7. The molecule has 0 spiro atoms. The number of anilines is 1. The molecule has 1 aliphatic carbocycles. The van der Waals surface area contributed by atoms with Crippen LogP contribution in [-0.4, -0.2) is 43.8 Å². The minimum Gasteiger partial charge on any atom is -0.352 e. The second-order valence-corrected chi connectivity index (χ2v) is 15.2. The zero-order valence-electron chi connectivity index (χ0n) is 26.6. The van der Waals surface area contributed by atoms with Gasteiger partial charge in [0.15, 0.2) is 0 Å². The number of carbonyl (C=O) groups is 2. The highest BCUT2D eigenvalue weighted by Crippen LogP contribution is 2.31. The molecule has 0 heterocycles. The van der Waals surface area contributed by atoms with Gasteiger partial charge in [0.05, 0.1) is 10.6 Å². The van der Waals surface area contributed by atoms with Crippen molar-refractivity contribution < 1.29 is 18.0 Å². The van der Waals surface area contributed by atoms with Crippen LogP contribution >= 0.6 is 34.8 Å². The molecule has 0 radical (unpaired) electrons. The molecule has 5 rings (SSSR count). The van der Waals surface area contributed by atoms with Crippen LogP contribution in [0.3, 0.4) is 0 Å². The van der Waals surface area contributed by atoms with E-state index in [0.29, 0.717) is 26.2 Å². The maximum Gasteiger partial charge on any atom is 0.264 e. The molecule has 0 saturated heterocycles. The summed E-state index contributed by atoms with van der Waals surface area (Å²) in [5.74, 6) is -0.889. The third-order valence-electron chi connectivity index (χ3n) is 8.63. The van der Waals surface area contributed by atoms with Crippen LogP contribution in [0.5, 0.6) is 0 Å². The number of nitrogens with zero attached hydrogens (tertiary/aromatic N) is 2. The Labute approximate surface area is 297 Å². The van der Waals surface area contributed by atoms with Crippen LogP contribution in [0.4, 0.5) is 5.69 Å². The fourth-order valence-electron chi connectivity index (χ4n) is 6.02. The summed E-state index contributed by atoms with van der Waals surface area (Å²) in [6.07, 6.45) is 5.08. The first-order valence-corrected chi connectivity index (χ1v) is 18.5. The molecule has 1 atom stereocenters. The third-order valence-corrected chi connectivity index (χ3v) is 11.2. The summed E-state index contributed by atoms with van der Waals surface area (Å²) in [6, 6.07) is 26.2. The van der Waals surface area contributed by atoms with Crippen molar-refractivity contribution in [2.75, 3.05) is 10.8 Å². The standard InChI is InChI=1S/C37H38Cl3N3O4S/c1-26-17-19-30(39)23-34(26)43(48(46,47)32-15-9-4-10-16-32)25-36(44)42(24-28-18-20-29(38)22-33(28)40)35(21-27-11-5-2-6-12-27)37(45)41-31-13-7-3-8-14-31/h2,4-6,9-12,15-20,22-23,31,35H,3,7-8,13-14,21,24-25H2,1H3,(H,41,45)/t35-/m1/s1. The first-order valence-electron chi connectivity index (χ1n) is 15.9. The van der Waals surface area contributed by atoms with Gasteiger partial charge < -0.3 is 10.2 Å². The van der Waals surface area contributed by atoms with Crippen molar-refractivity contribution in [3.63, 3.8) is 0 Å². The summed E-state index contributed by atoms with van der Waals surface area (Å²) >= 11 is 19.2. The number of hydrogen-bond donors (Lipinski definition) is 1. The minimum absolute atomic E-state index is 0.00957. The highest BCUT2D eigenvalue weighted by atomic mass is 35.5. The lowest BCUT2D eigenvalue weighted by Gasteiger charge is -2.35. The highest BCUT2D eigenvalue weighted by Gasteiger charge is 2.36. The van der Waals surface area contributed by atoms with E-state index in [4.69, 9.17) is 34.8 Å². The van der Waals surface area contributed by atoms with Gasteiger partial charge in [-0.2, -0.15) is 0 Å². The second kappa shape index (κ2) is 16.2. The van der Waals surface area contributed by atoms with Crippen LogP contribution in [0, 0.1) is 6.92 Å². The lowest BCUT2D eigenvalue weighted by molar-refractivity contribution is -0.140. The van der Waals surface area contributed by atoms with E-state index in [2.05, 4.69) is 5.32 Å². The number of sulfonamides is 1. The molecule has 4 aromatic rings. The van der Waals surface area contributed by atoms with Crippen LogP contribution in [-0.2, 0) is 32.6 Å². The molecule has 4 aromatic carbocycles. The van der Waals surface area contributed by atoms with Gasteiger partial charge in [0.25, 0.3) is 10.0 Å². The minimum atomic E-state index is -4.25. The van der Waals surface area contributed by atoms with Crippen LogP contribution in [0.15, 0.2) is 102 Å². The fraction of sp³-hybridized carbons (Fsp3) is 0.297. The zero-order chi connectivity index (χ0) is 34.3. The van der Waals surface area contributed by atoms with E-state index in [1.165, 1.54) is 23.1 Å². The first kappa shape index (κ1) is 35.7. The molecule has 1 N–H and O–H groups in total. The number of rotatable bonds is 12. The number of hydrogen-bond acceptors (Lipinski definition) is 4. The van der Waals surface area contributed by atoms with E-state index < -0.39 is 28.5 Å². The average Bonchev–Trinajstić information content (AvgIpc) is 3.08. The second-order valence-electron chi connectivity index (χ2n) is 12.1. The Bertz CT molecular complexity index is 1840. The first-order chi connectivity index (χ1) is 23.0. The largest absolute Gasteiger partial charge is 0.352 e. The Hall–Kier alpha value is -3.56. The number of nitrogens with one attached hydrogen (secondary N) is 1. The Kier molecular flexibility index (Phi) is 12.1. The van der Waals surface area contributed by atoms with E-state index in [0.717, 1.165) is 42.0 Å². The Balaban J connectivity index is 1.60. The van der Waals surface area contributed by atoms with Gasteiger partial charge >= 0.3 is 0 Å². The Morgan fingerprint density at radius 3 is 2.12 bits per heavy atom. The van der Waals surface area contributed by atoms with Crippen molar-refractivity contribution in [3.05, 3.63) is 129 Å². The smallest absolute Gasteiger partial charge is 0.264 e. The molecular formula is C37H38Cl3N3O4S. The van der Waals surface area contributed by atoms with E-state index in [9.17, 15) is 18.0 Å². The van der Waals surface area contributed by atoms with E-state index in [-0.39, 0.29) is 35.5 Å². The van der Waals surface area contributed by atoms with Crippen molar-refractivity contribution in [3.8, 4) is 0 Å². The Morgan fingerprint density at radius 1 is 0.833 bits per heavy atom. The predicted octanol–water partition coefficient (Wildman–Crippen LogP) is 8.24. The van der Waals surface area contributed by atoms with Crippen molar-refractivity contribution in [1.29, 1.82) is 0 Å². The maximum atomic E-state index is 14.7. The summed E-state index contributed by atoms with van der Waals surface area (Å²) in [6.45, 7) is 1.11. The normalized spacial score (nSPS) is 14.2. The molecule has 0 bridgehead atoms. The van der Waals surface area contributed by atoms with Gasteiger partial charge in [-0.05, 0) is 72.9 Å². The molecule has 48 heavy (non-hydrogen) atoms. The van der Waals surface area contributed by atoms with Crippen LogP contribution in [0.25, 0.3) is 0 Å². The number of benzene rings is 4. The molecule has 0 aliphatic heterocycles. The van der Waals surface area contributed by atoms with Crippen LogP contribution < -0.4 is 9.62 Å². The third kappa shape index (κ3) is 8.91. The molecule has 0 aromatic heterocycles. The number of halogens is 3. The monoisotopic (exact) mass is 725 g/mol. The SMILES string of the molecule is Cc1ccc(Cl)cc1N(CC(=O)N(Cc1ccc(Cl)cc1Cl)[C@H](Cc1ccccc1)C(=O)NC1CCCCC1)S(=O)(=O)c1ccccc1. The van der Waals surface area contributed by atoms with Crippen molar-refractivity contribution in [2.24, 2.45) is 0 Å². The topological polar surface area (TPSA) is 86.8 Å². The van der Waals surface area contributed by atoms with Crippen molar-refractivity contribution in [2.45, 2.75) is 69.0 Å². The van der Waals surface area contributed by atoms with Gasteiger partial charge in [0.1, 0.15) is 12.6 Å². The summed E-state index contributed by atoms with van der Waals surface area (Å²) in [4.78, 5) is 30.5. The molecule has 0 unspecified atom stereocenters. The number of amides is 2. The molecule has 1 fully saturated rings. The predicted molar refractivity (Wildman–Crippen MR) is 193 cm³/mol. The molecule has 1 aliphatic rings. The lowest BCUT2D eigenvalue weighted by Crippen LogP contribution is -2.55. The van der Waals surface area contributed by atoms with Gasteiger partial charge in [0, 0.05) is 34.1 Å². The maximum absolute atomic E-state index is 14.7. The average molecular weight is 727 g/mol. The highest BCUT2D eigenvalue weighted by molar-refractivity contribution is 7.92. The molecular weight excluding hydrogens is 689 g/mol. The summed E-state index contributed by atoms with van der Waals surface area (Å²) in [5.41, 5.74) is 2.28. The van der Waals surface area contributed by atoms with E-state index >= 15 is 0 Å². The van der Waals surface area contributed by atoms with Gasteiger partial charge in [-0.3, -0.25) is 13.9 Å². The summed E-state index contributed by atoms with van der Waals surface area (Å²) < 4.78 is 29.6. The molecule has 1 saturated carbocycles. The molecule has 2 amide bonds. The van der Waals surface area contributed by atoms with E-state index in [1.54, 1.807) is 55.5 Å². The summed E-state index contributed by atoms with van der Waals surface area (Å²) in [5, 5.41) is 4.27. The van der Waals surface area contributed by atoms with Gasteiger partial charge in [-0.25, -0.2) is 8.42 Å². The van der Waals surface area contributed by atoms with Gasteiger partial charge in [0.2, 0.25) is 11.8 Å². The van der Waals surface area contributed by atoms with E-state index in [1.807, 2.05) is 30.3 Å². The quantitative estimate of drug-likeness (QED) is 0.159. The molecule has 11 heteroatoms. The van der Waals surface area contributed by atoms with Crippen LogP contribution in [0.2, 0.25) is 15.1 Å². The van der Waals surface area contributed by atoms with Crippen molar-refractivity contribution in [1.82, 2.24) is 10.2 Å². The lowest BCUT2D eigenvalue weighted by atomic mass is 9.94. The summed E-state index contributed by atoms with van der Waals surface area (Å²) in [7, 11) is -4.25.